The zero-order chi connectivity index (χ0) is 17.4. The molecular formula is C16H14N4O4. The normalized spacial score (nSPS) is 9.38. The number of carbonyl (C=O) groups excluding carboxylic acids is 1. The highest BCUT2D eigenvalue weighted by atomic mass is 16.6. The number of amides is 2. The molecule has 0 saturated heterocycles. The number of rotatable bonds is 5. The quantitative estimate of drug-likeness (QED) is 0.499. The third kappa shape index (κ3) is 4.99. The summed E-state index contributed by atoms with van der Waals surface area (Å²) in [5.41, 5.74) is 0.589. The maximum absolute atomic E-state index is 11.6. The zero-order valence-corrected chi connectivity index (χ0v) is 12.8. The number of nitrogens with zero attached hydrogens (tertiary/aromatic N) is 2. The molecular weight excluding hydrogens is 312 g/mol. The minimum atomic E-state index is -0.582. The molecule has 1 aromatic carbocycles. The van der Waals surface area contributed by atoms with E-state index in [4.69, 9.17) is 4.74 Å². The largest absolute Gasteiger partial charge is 0.453 e. The standard InChI is InChI=1S/C16H14N4O4/c1-2-3-10-17-16(21)19-12-4-6-13(7-5-12)24-14-8-9-15(18-11-14)20(22)23/h4-9,11H,10H2,1H3,(H2,17,19,21). The Labute approximate surface area is 138 Å². The van der Waals surface area contributed by atoms with Crippen molar-refractivity contribution in [2.75, 3.05) is 11.9 Å². The highest BCUT2D eigenvalue weighted by Crippen LogP contribution is 2.23. The monoisotopic (exact) mass is 326 g/mol. The molecule has 2 rings (SSSR count). The number of urea groups is 1. The molecule has 8 heteroatoms. The molecule has 0 spiro atoms. The van der Waals surface area contributed by atoms with Crippen molar-refractivity contribution in [3.05, 3.63) is 52.7 Å². The fourth-order valence-corrected chi connectivity index (χ4v) is 1.67. The minimum absolute atomic E-state index is 0.249. The van der Waals surface area contributed by atoms with E-state index in [1.807, 2.05) is 0 Å². The molecule has 0 aliphatic carbocycles. The van der Waals surface area contributed by atoms with Gasteiger partial charge in [-0.1, -0.05) is 5.92 Å². The van der Waals surface area contributed by atoms with Crippen molar-refractivity contribution in [2.24, 2.45) is 0 Å². The number of benzene rings is 1. The van der Waals surface area contributed by atoms with E-state index in [0.29, 0.717) is 17.2 Å². The topological polar surface area (TPSA) is 106 Å². The first kappa shape index (κ1) is 16.8. The Bertz CT molecular complexity index is 776. The molecule has 1 heterocycles. The van der Waals surface area contributed by atoms with E-state index in [1.54, 1.807) is 31.2 Å². The van der Waals surface area contributed by atoms with Crippen LogP contribution in [0.25, 0.3) is 0 Å². The van der Waals surface area contributed by atoms with Crippen molar-refractivity contribution in [2.45, 2.75) is 6.92 Å². The van der Waals surface area contributed by atoms with E-state index in [1.165, 1.54) is 18.3 Å². The number of nitrogens with one attached hydrogen (secondary N) is 2. The summed E-state index contributed by atoms with van der Waals surface area (Å²) >= 11 is 0. The van der Waals surface area contributed by atoms with Gasteiger partial charge < -0.3 is 25.5 Å². The lowest BCUT2D eigenvalue weighted by molar-refractivity contribution is -0.389. The van der Waals surface area contributed by atoms with Gasteiger partial charge in [-0.25, -0.2) is 4.79 Å². The Hall–Kier alpha value is -3.60. The molecule has 0 fully saturated rings. The molecule has 1 aromatic heterocycles. The Morgan fingerprint density at radius 3 is 2.54 bits per heavy atom. The van der Waals surface area contributed by atoms with Crippen molar-refractivity contribution in [3.8, 4) is 23.3 Å². The number of carbonyl (C=O) groups is 1. The summed E-state index contributed by atoms with van der Waals surface area (Å²) in [4.78, 5) is 25.2. The fourth-order valence-electron chi connectivity index (χ4n) is 1.67. The molecule has 2 aromatic rings. The second kappa shape index (κ2) is 8.14. The highest BCUT2D eigenvalue weighted by Gasteiger charge is 2.07. The zero-order valence-electron chi connectivity index (χ0n) is 12.8. The van der Waals surface area contributed by atoms with Crippen molar-refractivity contribution in [1.29, 1.82) is 0 Å². The molecule has 2 N–H and O–H groups in total. The molecule has 0 aliphatic heterocycles. The first-order valence-electron chi connectivity index (χ1n) is 6.91. The third-order valence-corrected chi connectivity index (χ3v) is 2.77. The lowest BCUT2D eigenvalue weighted by Gasteiger charge is -2.07. The second-order valence-corrected chi connectivity index (χ2v) is 4.47. The Morgan fingerprint density at radius 2 is 1.96 bits per heavy atom. The third-order valence-electron chi connectivity index (χ3n) is 2.77. The second-order valence-electron chi connectivity index (χ2n) is 4.47. The van der Waals surface area contributed by atoms with Crippen LogP contribution in [0.3, 0.4) is 0 Å². The highest BCUT2D eigenvalue weighted by molar-refractivity contribution is 5.89. The van der Waals surface area contributed by atoms with Gasteiger partial charge in [0.05, 0.1) is 6.54 Å². The summed E-state index contributed by atoms with van der Waals surface area (Å²) in [5, 5.41) is 15.8. The summed E-state index contributed by atoms with van der Waals surface area (Å²) < 4.78 is 5.52. The Kier molecular flexibility index (Phi) is 5.69. The van der Waals surface area contributed by atoms with Gasteiger partial charge in [-0.15, -0.1) is 5.92 Å². The van der Waals surface area contributed by atoms with E-state index in [9.17, 15) is 14.9 Å². The lowest BCUT2D eigenvalue weighted by atomic mass is 10.3. The molecule has 0 aliphatic rings. The van der Waals surface area contributed by atoms with Crippen LogP contribution < -0.4 is 15.4 Å². The maximum Gasteiger partial charge on any atom is 0.363 e. The van der Waals surface area contributed by atoms with Crippen molar-refractivity contribution in [3.63, 3.8) is 0 Å². The van der Waals surface area contributed by atoms with Gasteiger partial charge in [-0.3, -0.25) is 0 Å². The van der Waals surface area contributed by atoms with Gasteiger partial charge in [0.15, 0.2) is 11.9 Å². The molecule has 8 nitrogen and oxygen atoms in total. The van der Waals surface area contributed by atoms with Crippen LogP contribution in [0.1, 0.15) is 6.92 Å². The number of hydrogen-bond acceptors (Lipinski definition) is 5. The average Bonchev–Trinajstić information content (AvgIpc) is 2.57. The average molecular weight is 326 g/mol. The molecule has 0 bridgehead atoms. The van der Waals surface area contributed by atoms with Crippen LogP contribution in [0.5, 0.6) is 11.5 Å². The van der Waals surface area contributed by atoms with E-state index in [2.05, 4.69) is 27.5 Å². The summed E-state index contributed by atoms with van der Waals surface area (Å²) in [5.74, 6) is 6.03. The van der Waals surface area contributed by atoms with E-state index < -0.39 is 4.92 Å². The first-order chi connectivity index (χ1) is 11.6. The molecule has 0 atom stereocenters. The van der Waals surface area contributed by atoms with Gasteiger partial charge in [0.25, 0.3) is 0 Å². The number of anilines is 1. The van der Waals surface area contributed by atoms with Crippen LogP contribution >= 0.6 is 0 Å². The van der Waals surface area contributed by atoms with Gasteiger partial charge >= 0.3 is 11.8 Å². The Morgan fingerprint density at radius 1 is 1.25 bits per heavy atom. The van der Waals surface area contributed by atoms with Crippen LogP contribution in [0.2, 0.25) is 0 Å². The summed E-state index contributed by atoms with van der Waals surface area (Å²) in [6.07, 6.45) is 1.27. The van der Waals surface area contributed by atoms with E-state index in [-0.39, 0.29) is 18.4 Å². The molecule has 122 valence electrons. The predicted octanol–water partition coefficient (Wildman–Crippen LogP) is 2.93. The van der Waals surface area contributed by atoms with Crippen LogP contribution in [0, 0.1) is 22.0 Å². The van der Waals surface area contributed by atoms with E-state index >= 15 is 0 Å². The molecule has 0 radical (unpaired) electrons. The van der Waals surface area contributed by atoms with Crippen molar-refractivity contribution in [1.82, 2.24) is 10.3 Å². The van der Waals surface area contributed by atoms with Crippen LogP contribution in [-0.2, 0) is 0 Å². The molecule has 24 heavy (non-hydrogen) atoms. The smallest absolute Gasteiger partial charge is 0.363 e. The summed E-state index contributed by atoms with van der Waals surface area (Å²) in [6.45, 7) is 1.97. The Balaban J connectivity index is 1.92. The first-order valence-corrected chi connectivity index (χ1v) is 6.91. The van der Waals surface area contributed by atoms with Crippen LogP contribution in [0.15, 0.2) is 42.6 Å². The molecule has 0 unspecified atom stereocenters. The van der Waals surface area contributed by atoms with E-state index in [0.717, 1.165) is 0 Å². The van der Waals surface area contributed by atoms with Crippen LogP contribution in [0.4, 0.5) is 16.3 Å². The number of pyridine rings is 1. The fraction of sp³-hybridized carbons (Fsp3) is 0.125. The van der Waals surface area contributed by atoms with Gasteiger partial charge in [-0.05, 0) is 47.2 Å². The summed E-state index contributed by atoms with van der Waals surface area (Å²) in [6, 6.07) is 9.00. The summed E-state index contributed by atoms with van der Waals surface area (Å²) in [7, 11) is 0. The van der Waals surface area contributed by atoms with Crippen LogP contribution in [-0.4, -0.2) is 22.5 Å². The van der Waals surface area contributed by atoms with Gasteiger partial charge in [-0.2, -0.15) is 0 Å². The molecule has 2 amide bonds. The molecule has 0 saturated carbocycles. The van der Waals surface area contributed by atoms with Crippen molar-refractivity contribution >= 4 is 17.5 Å². The number of hydrogen-bond donors (Lipinski definition) is 2. The van der Waals surface area contributed by atoms with Gasteiger partial charge in [0.1, 0.15) is 5.75 Å². The van der Waals surface area contributed by atoms with Gasteiger partial charge in [0.2, 0.25) is 0 Å². The minimum Gasteiger partial charge on any atom is -0.453 e. The van der Waals surface area contributed by atoms with Crippen molar-refractivity contribution < 1.29 is 14.5 Å². The number of ether oxygens (including phenoxy) is 1. The number of nitro groups is 1. The SMILES string of the molecule is CC#CCNC(=O)Nc1ccc(Oc2ccc([N+](=O)[O-])nc2)cc1. The predicted molar refractivity (Wildman–Crippen MR) is 87.9 cm³/mol. The van der Waals surface area contributed by atoms with Gasteiger partial charge in [0, 0.05) is 11.8 Å². The maximum atomic E-state index is 11.6. The number of aromatic nitrogens is 1. The lowest BCUT2D eigenvalue weighted by Crippen LogP contribution is -2.28.